The monoisotopic (exact) mass is 277 g/mol. The fourth-order valence-corrected chi connectivity index (χ4v) is 2.38. The summed E-state index contributed by atoms with van der Waals surface area (Å²) < 4.78 is 13.4. The van der Waals surface area contributed by atoms with Crippen molar-refractivity contribution in [3.05, 3.63) is 69.5 Å². The molecule has 0 aromatic heterocycles. The predicted molar refractivity (Wildman–Crippen MR) is 78.0 cm³/mol. The van der Waals surface area contributed by atoms with Crippen LogP contribution in [0.4, 0.5) is 4.39 Å². The predicted octanol–water partition coefficient (Wildman–Crippen LogP) is 4.34. The van der Waals surface area contributed by atoms with Gasteiger partial charge in [-0.2, -0.15) is 0 Å². The molecule has 0 aliphatic carbocycles. The average molecular weight is 278 g/mol. The molecule has 1 atom stereocenters. The Bertz CT molecular complexity index is 575. The zero-order valence-corrected chi connectivity index (χ0v) is 11.8. The van der Waals surface area contributed by atoms with Crippen molar-refractivity contribution in [2.75, 3.05) is 0 Å². The Kier molecular flexibility index (Phi) is 4.23. The van der Waals surface area contributed by atoms with Gasteiger partial charge in [0.2, 0.25) is 0 Å². The highest BCUT2D eigenvalue weighted by atomic mass is 35.5. The van der Waals surface area contributed by atoms with Crippen LogP contribution in [0.5, 0.6) is 0 Å². The fourth-order valence-electron chi connectivity index (χ4n) is 2.26. The highest BCUT2D eigenvalue weighted by molar-refractivity contribution is 6.30. The summed E-state index contributed by atoms with van der Waals surface area (Å²) in [5, 5.41) is 0.142. The van der Waals surface area contributed by atoms with Crippen LogP contribution in [-0.4, -0.2) is 0 Å². The zero-order chi connectivity index (χ0) is 14.0. The summed E-state index contributed by atoms with van der Waals surface area (Å²) in [6.45, 7) is 4.09. The zero-order valence-electron chi connectivity index (χ0n) is 11.1. The van der Waals surface area contributed by atoms with Gasteiger partial charge in [0.1, 0.15) is 5.82 Å². The maximum Gasteiger partial charge on any atom is 0.142 e. The van der Waals surface area contributed by atoms with Gasteiger partial charge in [0.05, 0.1) is 5.02 Å². The molecule has 2 rings (SSSR count). The minimum absolute atomic E-state index is 0.140. The number of rotatable bonds is 3. The molecule has 0 aliphatic heterocycles. The summed E-state index contributed by atoms with van der Waals surface area (Å²) in [6.07, 6.45) is 0.594. The van der Waals surface area contributed by atoms with Gasteiger partial charge in [-0.05, 0) is 43.5 Å². The van der Waals surface area contributed by atoms with Crippen LogP contribution < -0.4 is 5.73 Å². The van der Waals surface area contributed by atoms with Crippen LogP contribution in [-0.2, 0) is 6.42 Å². The Labute approximate surface area is 118 Å². The average Bonchev–Trinajstić information content (AvgIpc) is 2.32. The van der Waals surface area contributed by atoms with Gasteiger partial charge >= 0.3 is 0 Å². The molecular weight excluding hydrogens is 261 g/mol. The molecule has 3 heteroatoms. The molecule has 2 N–H and O–H groups in total. The van der Waals surface area contributed by atoms with Crippen LogP contribution >= 0.6 is 11.6 Å². The van der Waals surface area contributed by atoms with Crippen molar-refractivity contribution in [1.82, 2.24) is 0 Å². The van der Waals surface area contributed by atoms with E-state index in [9.17, 15) is 4.39 Å². The molecule has 19 heavy (non-hydrogen) atoms. The number of nitrogens with two attached hydrogens (primary N) is 1. The van der Waals surface area contributed by atoms with Gasteiger partial charge < -0.3 is 5.73 Å². The SMILES string of the molecule is Cc1cc(C)cc(C(N)Cc2ccc(Cl)c(F)c2)c1. The van der Waals surface area contributed by atoms with Crippen LogP contribution in [0, 0.1) is 19.7 Å². The standard InChI is InChI=1S/C16H17ClFN/c1-10-5-11(2)7-13(6-10)16(19)9-12-3-4-14(17)15(18)8-12/h3-8,16H,9,19H2,1-2H3. The van der Waals surface area contributed by atoms with Gasteiger partial charge in [-0.25, -0.2) is 4.39 Å². The molecule has 0 fully saturated rings. The van der Waals surface area contributed by atoms with E-state index in [0.717, 1.165) is 11.1 Å². The summed E-state index contributed by atoms with van der Waals surface area (Å²) in [4.78, 5) is 0. The van der Waals surface area contributed by atoms with Crippen molar-refractivity contribution < 1.29 is 4.39 Å². The van der Waals surface area contributed by atoms with Crippen LogP contribution in [0.2, 0.25) is 5.02 Å². The molecule has 0 bridgehead atoms. The fraction of sp³-hybridized carbons (Fsp3) is 0.250. The van der Waals surface area contributed by atoms with Gasteiger partial charge in [-0.15, -0.1) is 0 Å². The van der Waals surface area contributed by atoms with Crippen molar-refractivity contribution in [2.24, 2.45) is 5.73 Å². The molecule has 1 nitrogen and oxygen atoms in total. The first-order valence-corrected chi connectivity index (χ1v) is 6.61. The molecule has 1 unspecified atom stereocenters. The molecule has 2 aromatic rings. The molecule has 0 saturated heterocycles. The third-order valence-corrected chi connectivity index (χ3v) is 3.42. The quantitative estimate of drug-likeness (QED) is 0.887. The van der Waals surface area contributed by atoms with Crippen LogP contribution in [0.15, 0.2) is 36.4 Å². The molecule has 0 amide bonds. The lowest BCUT2D eigenvalue weighted by molar-refractivity contribution is 0.622. The molecule has 2 aromatic carbocycles. The van der Waals surface area contributed by atoms with Gasteiger partial charge in [-0.1, -0.05) is 47.0 Å². The number of halogens is 2. The van der Waals surface area contributed by atoms with Crippen molar-refractivity contribution in [3.8, 4) is 0 Å². The summed E-state index contributed by atoms with van der Waals surface area (Å²) in [5.74, 6) is -0.396. The van der Waals surface area contributed by atoms with Crippen molar-refractivity contribution in [1.29, 1.82) is 0 Å². The molecule has 0 heterocycles. The van der Waals surface area contributed by atoms with E-state index in [1.54, 1.807) is 6.07 Å². The van der Waals surface area contributed by atoms with Crippen LogP contribution in [0.25, 0.3) is 0 Å². The smallest absolute Gasteiger partial charge is 0.142 e. The van der Waals surface area contributed by atoms with Gasteiger partial charge in [-0.3, -0.25) is 0 Å². The lowest BCUT2D eigenvalue weighted by Crippen LogP contribution is -2.14. The topological polar surface area (TPSA) is 26.0 Å². The summed E-state index contributed by atoms with van der Waals surface area (Å²) in [7, 11) is 0. The molecule has 0 saturated carbocycles. The molecule has 100 valence electrons. The molecular formula is C16H17ClFN. The normalized spacial score (nSPS) is 12.5. The van der Waals surface area contributed by atoms with E-state index in [2.05, 4.69) is 18.2 Å². The first-order valence-electron chi connectivity index (χ1n) is 6.23. The number of hydrogen-bond donors (Lipinski definition) is 1. The maximum atomic E-state index is 13.4. The van der Waals surface area contributed by atoms with Crippen molar-refractivity contribution in [2.45, 2.75) is 26.3 Å². The highest BCUT2D eigenvalue weighted by Crippen LogP contribution is 2.21. The van der Waals surface area contributed by atoms with E-state index in [-0.39, 0.29) is 11.1 Å². The third-order valence-electron chi connectivity index (χ3n) is 3.11. The van der Waals surface area contributed by atoms with E-state index in [4.69, 9.17) is 17.3 Å². The molecule has 0 aliphatic rings. The number of hydrogen-bond acceptors (Lipinski definition) is 1. The van der Waals surface area contributed by atoms with Gasteiger partial charge in [0.15, 0.2) is 0 Å². The number of aryl methyl sites for hydroxylation is 2. The highest BCUT2D eigenvalue weighted by Gasteiger charge is 2.10. The second-order valence-electron chi connectivity index (χ2n) is 4.98. The third kappa shape index (κ3) is 3.55. The first-order chi connectivity index (χ1) is 8.95. The van der Waals surface area contributed by atoms with Gasteiger partial charge in [0.25, 0.3) is 0 Å². The number of benzene rings is 2. The van der Waals surface area contributed by atoms with Crippen molar-refractivity contribution in [3.63, 3.8) is 0 Å². The first kappa shape index (κ1) is 14.0. The van der Waals surface area contributed by atoms with Crippen LogP contribution in [0.3, 0.4) is 0 Å². The van der Waals surface area contributed by atoms with E-state index < -0.39 is 5.82 Å². The summed E-state index contributed by atoms with van der Waals surface area (Å²) in [6, 6.07) is 10.9. The lowest BCUT2D eigenvalue weighted by Gasteiger charge is -2.14. The Morgan fingerprint density at radius 2 is 1.74 bits per heavy atom. The maximum absolute atomic E-state index is 13.4. The largest absolute Gasteiger partial charge is 0.324 e. The second kappa shape index (κ2) is 5.72. The molecule has 0 radical (unpaired) electrons. The minimum Gasteiger partial charge on any atom is -0.324 e. The van der Waals surface area contributed by atoms with E-state index in [0.29, 0.717) is 6.42 Å². The Morgan fingerprint density at radius 3 is 2.32 bits per heavy atom. The van der Waals surface area contributed by atoms with E-state index in [1.807, 2.05) is 19.9 Å². The van der Waals surface area contributed by atoms with Crippen LogP contribution in [0.1, 0.15) is 28.3 Å². The summed E-state index contributed by atoms with van der Waals surface area (Å²) in [5.41, 5.74) is 10.5. The Morgan fingerprint density at radius 1 is 1.11 bits per heavy atom. The summed E-state index contributed by atoms with van der Waals surface area (Å²) >= 11 is 5.67. The Hall–Kier alpha value is -1.38. The van der Waals surface area contributed by atoms with Gasteiger partial charge in [0, 0.05) is 6.04 Å². The second-order valence-corrected chi connectivity index (χ2v) is 5.39. The Balaban J connectivity index is 2.20. The lowest BCUT2D eigenvalue weighted by atomic mass is 9.96. The minimum atomic E-state index is -0.396. The van der Waals surface area contributed by atoms with Crippen molar-refractivity contribution >= 4 is 11.6 Å². The van der Waals surface area contributed by atoms with E-state index in [1.165, 1.54) is 17.2 Å². The molecule has 0 spiro atoms. The van der Waals surface area contributed by atoms with E-state index >= 15 is 0 Å².